The molecule has 1 saturated heterocycles. The molecule has 0 aliphatic carbocycles. The molecular weight excluding hydrogens is 388 g/mol. The van der Waals surface area contributed by atoms with Crippen molar-refractivity contribution in [1.82, 2.24) is 9.97 Å². The number of ether oxygens (including phenoxy) is 1. The third-order valence-corrected chi connectivity index (χ3v) is 5.72. The number of rotatable bonds is 6. The standard InChI is InChI=1S/C25H28N4O2/c1-18-9-12-29(13-10-18)24-16-20(8-11-26-24)21-6-7-23(27-17-21)28-25(30)15-19-4-3-5-22(14-19)31-2/h3-8,11,14,16-18H,9-10,12-13,15H2,1-2H3,(H,27,28,30). The van der Waals surface area contributed by atoms with Gasteiger partial charge in [-0.25, -0.2) is 9.97 Å². The number of nitrogens with one attached hydrogen (secondary N) is 1. The van der Waals surface area contributed by atoms with Crippen LogP contribution in [0.3, 0.4) is 0 Å². The predicted molar refractivity (Wildman–Crippen MR) is 123 cm³/mol. The summed E-state index contributed by atoms with van der Waals surface area (Å²) in [5.41, 5.74) is 2.97. The van der Waals surface area contributed by atoms with E-state index >= 15 is 0 Å². The highest BCUT2D eigenvalue weighted by Gasteiger charge is 2.17. The average Bonchev–Trinajstić information content (AvgIpc) is 2.80. The van der Waals surface area contributed by atoms with Gasteiger partial charge < -0.3 is 15.0 Å². The van der Waals surface area contributed by atoms with Crippen LogP contribution in [0.25, 0.3) is 11.1 Å². The minimum absolute atomic E-state index is 0.112. The zero-order valence-corrected chi connectivity index (χ0v) is 18.0. The monoisotopic (exact) mass is 416 g/mol. The van der Waals surface area contributed by atoms with E-state index in [9.17, 15) is 4.79 Å². The van der Waals surface area contributed by atoms with E-state index in [1.807, 2.05) is 48.7 Å². The maximum absolute atomic E-state index is 12.4. The molecule has 0 radical (unpaired) electrons. The first-order valence-corrected chi connectivity index (χ1v) is 10.7. The minimum atomic E-state index is -0.112. The summed E-state index contributed by atoms with van der Waals surface area (Å²) >= 11 is 0. The Morgan fingerprint density at radius 3 is 2.68 bits per heavy atom. The van der Waals surface area contributed by atoms with Gasteiger partial charge in [-0.2, -0.15) is 0 Å². The van der Waals surface area contributed by atoms with Crippen LogP contribution in [0.5, 0.6) is 5.75 Å². The molecule has 0 unspecified atom stereocenters. The quantitative estimate of drug-likeness (QED) is 0.638. The van der Waals surface area contributed by atoms with E-state index in [0.717, 1.165) is 47.3 Å². The fourth-order valence-electron chi connectivity index (χ4n) is 3.80. The Morgan fingerprint density at radius 1 is 1.10 bits per heavy atom. The Labute approximate surface area is 183 Å². The van der Waals surface area contributed by atoms with Crippen molar-refractivity contribution in [2.45, 2.75) is 26.2 Å². The predicted octanol–water partition coefficient (Wildman–Crippen LogP) is 4.57. The number of aromatic nitrogens is 2. The summed E-state index contributed by atoms with van der Waals surface area (Å²) in [5.74, 6) is 2.97. The van der Waals surface area contributed by atoms with Crippen molar-refractivity contribution in [3.63, 3.8) is 0 Å². The lowest BCUT2D eigenvalue weighted by Crippen LogP contribution is -2.33. The molecule has 160 valence electrons. The summed E-state index contributed by atoms with van der Waals surface area (Å²) in [6.07, 6.45) is 6.32. The summed E-state index contributed by atoms with van der Waals surface area (Å²) in [7, 11) is 1.61. The van der Waals surface area contributed by atoms with Crippen molar-refractivity contribution in [3.8, 4) is 16.9 Å². The number of methoxy groups -OCH3 is 1. The Bertz CT molecular complexity index is 1030. The van der Waals surface area contributed by atoms with Crippen LogP contribution in [-0.4, -0.2) is 36.1 Å². The van der Waals surface area contributed by atoms with Crippen LogP contribution in [0.4, 0.5) is 11.6 Å². The molecule has 6 nitrogen and oxygen atoms in total. The van der Waals surface area contributed by atoms with Crippen LogP contribution >= 0.6 is 0 Å². The van der Waals surface area contributed by atoms with E-state index in [2.05, 4.69) is 33.2 Å². The first kappa shape index (κ1) is 20.8. The number of carbonyl (C=O) groups is 1. The SMILES string of the molecule is COc1cccc(CC(=O)Nc2ccc(-c3ccnc(N4CCC(C)CC4)c3)cn2)c1. The molecule has 1 aliphatic heterocycles. The lowest BCUT2D eigenvalue weighted by molar-refractivity contribution is -0.115. The number of carbonyl (C=O) groups excluding carboxylic acids is 1. The number of pyridine rings is 2. The lowest BCUT2D eigenvalue weighted by Gasteiger charge is -2.31. The van der Waals surface area contributed by atoms with Gasteiger partial charge in [0.25, 0.3) is 0 Å². The van der Waals surface area contributed by atoms with Crippen molar-refractivity contribution < 1.29 is 9.53 Å². The summed E-state index contributed by atoms with van der Waals surface area (Å²) in [6.45, 7) is 4.41. The average molecular weight is 417 g/mol. The summed E-state index contributed by atoms with van der Waals surface area (Å²) in [5, 5.41) is 2.86. The Morgan fingerprint density at radius 2 is 1.94 bits per heavy atom. The maximum Gasteiger partial charge on any atom is 0.229 e. The lowest BCUT2D eigenvalue weighted by atomic mass is 9.99. The number of hydrogen-bond donors (Lipinski definition) is 1. The molecule has 0 saturated carbocycles. The topological polar surface area (TPSA) is 67.3 Å². The molecule has 6 heteroatoms. The van der Waals surface area contributed by atoms with Crippen molar-refractivity contribution in [2.75, 3.05) is 30.4 Å². The van der Waals surface area contributed by atoms with E-state index in [1.54, 1.807) is 13.3 Å². The largest absolute Gasteiger partial charge is 0.497 e. The molecule has 3 heterocycles. The van der Waals surface area contributed by atoms with Crippen LogP contribution < -0.4 is 15.0 Å². The van der Waals surface area contributed by atoms with Gasteiger partial charge in [-0.1, -0.05) is 19.1 Å². The Hall–Kier alpha value is -3.41. The van der Waals surface area contributed by atoms with Crippen LogP contribution in [0, 0.1) is 5.92 Å². The molecule has 0 bridgehead atoms. The van der Waals surface area contributed by atoms with Crippen LogP contribution in [0.1, 0.15) is 25.3 Å². The van der Waals surface area contributed by atoms with Gasteiger partial charge in [0.1, 0.15) is 17.4 Å². The second-order valence-corrected chi connectivity index (χ2v) is 8.08. The van der Waals surface area contributed by atoms with Crippen molar-refractivity contribution >= 4 is 17.5 Å². The van der Waals surface area contributed by atoms with Crippen LogP contribution in [0.15, 0.2) is 60.9 Å². The number of anilines is 2. The third kappa shape index (κ3) is 5.40. The number of nitrogens with zero attached hydrogens (tertiary/aromatic N) is 3. The second kappa shape index (κ2) is 9.60. The van der Waals surface area contributed by atoms with Gasteiger partial charge in [-0.15, -0.1) is 0 Å². The molecule has 4 rings (SSSR count). The van der Waals surface area contributed by atoms with E-state index in [-0.39, 0.29) is 12.3 Å². The van der Waals surface area contributed by atoms with Gasteiger partial charge >= 0.3 is 0 Å². The van der Waals surface area contributed by atoms with E-state index in [0.29, 0.717) is 5.82 Å². The highest BCUT2D eigenvalue weighted by molar-refractivity contribution is 5.91. The van der Waals surface area contributed by atoms with Crippen LogP contribution in [-0.2, 0) is 11.2 Å². The third-order valence-electron chi connectivity index (χ3n) is 5.72. The molecular formula is C25H28N4O2. The van der Waals surface area contributed by atoms with Gasteiger partial charge in [0.15, 0.2) is 0 Å². The first-order chi connectivity index (χ1) is 15.1. The second-order valence-electron chi connectivity index (χ2n) is 8.08. The number of piperidine rings is 1. The zero-order chi connectivity index (χ0) is 21.6. The number of hydrogen-bond acceptors (Lipinski definition) is 5. The van der Waals surface area contributed by atoms with E-state index < -0.39 is 0 Å². The molecule has 0 atom stereocenters. The van der Waals surface area contributed by atoms with Crippen molar-refractivity contribution in [2.24, 2.45) is 5.92 Å². The molecule has 2 aromatic heterocycles. The van der Waals surface area contributed by atoms with Gasteiger partial charge in [0.2, 0.25) is 5.91 Å². The molecule has 1 aromatic carbocycles. The van der Waals surface area contributed by atoms with Crippen LogP contribution in [0.2, 0.25) is 0 Å². The highest BCUT2D eigenvalue weighted by atomic mass is 16.5. The van der Waals surface area contributed by atoms with Gasteiger partial charge in [0.05, 0.1) is 13.5 Å². The molecule has 31 heavy (non-hydrogen) atoms. The molecule has 1 aliphatic rings. The van der Waals surface area contributed by atoms with E-state index in [4.69, 9.17) is 4.74 Å². The minimum Gasteiger partial charge on any atom is -0.497 e. The number of amides is 1. The first-order valence-electron chi connectivity index (χ1n) is 10.7. The van der Waals surface area contributed by atoms with E-state index in [1.165, 1.54) is 12.8 Å². The zero-order valence-electron chi connectivity index (χ0n) is 18.0. The fourth-order valence-corrected chi connectivity index (χ4v) is 3.80. The maximum atomic E-state index is 12.4. The summed E-state index contributed by atoms with van der Waals surface area (Å²) in [4.78, 5) is 23.7. The Balaban J connectivity index is 1.40. The number of benzene rings is 1. The van der Waals surface area contributed by atoms with Crippen molar-refractivity contribution in [3.05, 3.63) is 66.5 Å². The molecule has 1 N–H and O–H groups in total. The Kier molecular flexibility index (Phi) is 6.46. The summed E-state index contributed by atoms with van der Waals surface area (Å²) in [6, 6.07) is 15.4. The molecule has 3 aromatic rings. The fraction of sp³-hybridized carbons (Fsp3) is 0.320. The summed E-state index contributed by atoms with van der Waals surface area (Å²) < 4.78 is 5.21. The highest BCUT2D eigenvalue weighted by Crippen LogP contribution is 2.26. The smallest absolute Gasteiger partial charge is 0.229 e. The molecule has 1 amide bonds. The normalized spacial score (nSPS) is 14.3. The van der Waals surface area contributed by atoms with Crippen molar-refractivity contribution in [1.29, 1.82) is 0 Å². The van der Waals surface area contributed by atoms with Gasteiger partial charge in [-0.05, 0) is 66.3 Å². The van der Waals surface area contributed by atoms with Gasteiger partial charge in [0, 0.05) is 31.0 Å². The van der Waals surface area contributed by atoms with Gasteiger partial charge in [-0.3, -0.25) is 4.79 Å². The molecule has 1 fully saturated rings. The molecule has 0 spiro atoms.